The van der Waals surface area contributed by atoms with Gasteiger partial charge in [-0.3, -0.25) is 14.9 Å². The third kappa shape index (κ3) is 3.12. The van der Waals surface area contributed by atoms with Crippen LogP contribution in [0.1, 0.15) is 25.1 Å². The Kier molecular flexibility index (Phi) is 3.49. The Morgan fingerprint density at radius 1 is 1.47 bits per heavy atom. The number of nitrogens with zero attached hydrogens (tertiary/aromatic N) is 1. The lowest BCUT2D eigenvalue weighted by atomic mass is 10.1. The van der Waals surface area contributed by atoms with Gasteiger partial charge < -0.3 is 0 Å². The molecular formula is C10H10FNO3. The number of alkyl halides is 1. The second-order valence-electron chi connectivity index (χ2n) is 3.22. The van der Waals surface area contributed by atoms with E-state index in [2.05, 4.69) is 0 Å². The Morgan fingerprint density at radius 2 is 2.00 bits per heavy atom. The first-order valence-electron chi connectivity index (χ1n) is 4.38. The highest BCUT2D eigenvalue weighted by atomic mass is 19.1. The van der Waals surface area contributed by atoms with Crippen LogP contribution in [-0.4, -0.2) is 10.7 Å². The maximum Gasteiger partial charge on any atom is 0.269 e. The Labute approximate surface area is 85.9 Å². The number of hydrogen-bond donors (Lipinski definition) is 0. The molecule has 0 saturated heterocycles. The highest BCUT2D eigenvalue weighted by Crippen LogP contribution is 2.23. The molecule has 0 spiro atoms. The number of benzene rings is 1. The standard InChI is InChI=1S/C10H10FNO3/c1-7(13)6-10(11)8-2-4-9(5-3-8)12(14)15/h2-5,10H,6H2,1H3. The summed E-state index contributed by atoms with van der Waals surface area (Å²) >= 11 is 0. The number of carbonyl (C=O) groups is 1. The number of carbonyl (C=O) groups excluding carboxylic acids is 1. The van der Waals surface area contributed by atoms with Crippen molar-refractivity contribution in [2.45, 2.75) is 19.5 Å². The molecule has 0 heterocycles. The number of rotatable bonds is 4. The molecule has 0 aliphatic carbocycles. The van der Waals surface area contributed by atoms with Gasteiger partial charge >= 0.3 is 0 Å². The predicted molar refractivity (Wildman–Crippen MR) is 52.2 cm³/mol. The van der Waals surface area contributed by atoms with Crippen LogP contribution < -0.4 is 0 Å². The second-order valence-corrected chi connectivity index (χ2v) is 3.22. The number of non-ortho nitro benzene ring substituents is 1. The van der Waals surface area contributed by atoms with E-state index < -0.39 is 11.1 Å². The smallest absolute Gasteiger partial charge is 0.269 e. The van der Waals surface area contributed by atoms with Crippen molar-refractivity contribution in [2.24, 2.45) is 0 Å². The summed E-state index contributed by atoms with van der Waals surface area (Å²) in [6.07, 6.45) is -1.58. The van der Waals surface area contributed by atoms with Crippen LogP contribution >= 0.6 is 0 Å². The minimum atomic E-state index is -1.39. The molecule has 0 aliphatic heterocycles. The van der Waals surface area contributed by atoms with Crippen LogP contribution in [0, 0.1) is 10.1 Å². The zero-order valence-electron chi connectivity index (χ0n) is 8.14. The third-order valence-corrected chi connectivity index (χ3v) is 1.93. The molecule has 0 radical (unpaired) electrons. The molecule has 1 atom stereocenters. The first kappa shape index (κ1) is 11.3. The highest BCUT2D eigenvalue weighted by molar-refractivity contribution is 5.76. The summed E-state index contributed by atoms with van der Waals surface area (Å²) in [6.45, 7) is 1.30. The molecule has 1 aromatic carbocycles. The van der Waals surface area contributed by atoms with Crippen LogP contribution in [0.5, 0.6) is 0 Å². The molecule has 15 heavy (non-hydrogen) atoms. The molecular weight excluding hydrogens is 201 g/mol. The Morgan fingerprint density at radius 3 is 2.40 bits per heavy atom. The normalized spacial score (nSPS) is 12.1. The van der Waals surface area contributed by atoms with E-state index in [0.29, 0.717) is 0 Å². The van der Waals surface area contributed by atoms with Gasteiger partial charge in [0.1, 0.15) is 12.0 Å². The quantitative estimate of drug-likeness (QED) is 0.568. The summed E-state index contributed by atoms with van der Waals surface area (Å²) in [7, 11) is 0. The van der Waals surface area contributed by atoms with Crippen molar-refractivity contribution in [3.05, 3.63) is 39.9 Å². The van der Waals surface area contributed by atoms with Crippen LogP contribution in [0.3, 0.4) is 0 Å². The van der Waals surface area contributed by atoms with E-state index >= 15 is 0 Å². The predicted octanol–water partition coefficient (Wildman–Crippen LogP) is 2.58. The molecule has 0 N–H and O–H groups in total. The van der Waals surface area contributed by atoms with Crippen LogP contribution in [0.25, 0.3) is 0 Å². The molecule has 80 valence electrons. The maximum atomic E-state index is 13.3. The molecule has 0 saturated carbocycles. The van der Waals surface area contributed by atoms with E-state index in [9.17, 15) is 19.3 Å². The van der Waals surface area contributed by atoms with Gasteiger partial charge in [-0.05, 0) is 24.6 Å². The number of hydrogen-bond acceptors (Lipinski definition) is 3. The Bertz CT molecular complexity index is 375. The SMILES string of the molecule is CC(=O)CC(F)c1ccc([N+](=O)[O-])cc1. The van der Waals surface area contributed by atoms with Gasteiger partial charge in [0.25, 0.3) is 5.69 Å². The summed E-state index contributed by atoms with van der Waals surface area (Å²) in [5.74, 6) is -0.249. The maximum absolute atomic E-state index is 13.3. The van der Waals surface area contributed by atoms with Gasteiger partial charge in [-0.1, -0.05) is 0 Å². The van der Waals surface area contributed by atoms with Gasteiger partial charge in [0, 0.05) is 18.6 Å². The summed E-state index contributed by atoms with van der Waals surface area (Å²) in [5.41, 5.74) is 0.199. The summed E-state index contributed by atoms with van der Waals surface area (Å²) < 4.78 is 13.3. The second kappa shape index (κ2) is 4.63. The van der Waals surface area contributed by atoms with Crippen molar-refractivity contribution < 1.29 is 14.1 Å². The molecule has 0 aliphatic rings. The lowest BCUT2D eigenvalue weighted by Crippen LogP contribution is -1.99. The fourth-order valence-corrected chi connectivity index (χ4v) is 1.18. The molecule has 4 nitrogen and oxygen atoms in total. The molecule has 1 aromatic rings. The fraction of sp³-hybridized carbons (Fsp3) is 0.300. The van der Waals surface area contributed by atoms with Crippen LogP contribution in [-0.2, 0) is 4.79 Å². The van der Waals surface area contributed by atoms with Crippen molar-refractivity contribution in [3.63, 3.8) is 0 Å². The number of nitro benzene ring substituents is 1. The number of Topliss-reactive ketones (excluding diaryl/α,β-unsaturated/α-hetero) is 1. The summed E-state index contributed by atoms with van der Waals surface area (Å²) in [6, 6.07) is 5.10. The van der Waals surface area contributed by atoms with Crippen molar-refractivity contribution in [3.8, 4) is 0 Å². The lowest BCUT2D eigenvalue weighted by Gasteiger charge is -2.05. The molecule has 1 unspecified atom stereocenters. The van der Waals surface area contributed by atoms with Crippen molar-refractivity contribution in [1.82, 2.24) is 0 Å². The van der Waals surface area contributed by atoms with Crippen LogP contribution in [0.4, 0.5) is 10.1 Å². The van der Waals surface area contributed by atoms with E-state index in [1.54, 1.807) is 0 Å². The van der Waals surface area contributed by atoms with Crippen LogP contribution in [0.2, 0.25) is 0 Å². The first-order chi connectivity index (χ1) is 7.00. The molecule has 0 bridgehead atoms. The molecule has 0 amide bonds. The average Bonchev–Trinajstić information content (AvgIpc) is 2.17. The van der Waals surface area contributed by atoms with E-state index in [0.717, 1.165) is 0 Å². The number of halogens is 1. The van der Waals surface area contributed by atoms with Gasteiger partial charge in [-0.2, -0.15) is 0 Å². The molecule has 1 rings (SSSR count). The number of ketones is 1. The van der Waals surface area contributed by atoms with E-state index in [1.807, 2.05) is 0 Å². The average molecular weight is 211 g/mol. The van der Waals surface area contributed by atoms with E-state index in [1.165, 1.54) is 31.2 Å². The topological polar surface area (TPSA) is 60.2 Å². The van der Waals surface area contributed by atoms with Crippen LogP contribution in [0.15, 0.2) is 24.3 Å². The zero-order chi connectivity index (χ0) is 11.4. The number of nitro groups is 1. The van der Waals surface area contributed by atoms with Gasteiger partial charge in [0.15, 0.2) is 0 Å². The fourth-order valence-electron chi connectivity index (χ4n) is 1.18. The molecule has 5 heteroatoms. The zero-order valence-corrected chi connectivity index (χ0v) is 8.14. The molecule has 0 aromatic heterocycles. The van der Waals surface area contributed by atoms with Crippen molar-refractivity contribution in [2.75, 3.05) is 0 Å². The minimum absolute atomic E-state index is 0.0891. The van der Waals surface area contributed by atoms with Gasteiger partial charge in [-0.15, -0.1) is 0 Å². The third-order valence-electron chi connectivity index (χ3n) is 1.93. The van der Waals surface area contributed by atoms with E-state index in [-0.39, 0.29) is 23.5 Å². The Hall–Kier alpha value is -1.78. The van der Waals surface area contributed by atoms with Gasteiger partial charge in [-0.25, -0.2) is 4.39 Å². The highest BCUT2D eigenvalue weighted by Gasteiger charge is 2.13. The minimum Gasteiger partial charge on any atom is -0.300 e. The van der Waals surface area contributed by atoms with Gasteiger partial charge in [0.2, 0.25) is 0 Å². The summed E-state index contributed by atoms with van der Waals surface area (Å²) in [4.78, 5) is 20.4. The largest absolute Gasteiger partial charge is 0.300 e. The van der Waals surface area contributed by atoms with Crippen molar-refractivity contribution >= 4 is 11.5 Å². The van der Waals surface area contributed by atoms with Gasteiger partial charge in [0.05, 0.1) is 4.92 Å². The van der Waals surface area contributed by atoms with E-state index in [4.69, 9.17) is 0 Å². The summed E-state index contributed by atoms with van der Waals surface area (Å²) in [5, 5.41) is 10.3. The molecule has 0 fully saturated rings. The Balaban J connectivity index is 2.79. The lowest BCUT2D eigenvalue weighted by molar-refractivity contribution is -0.384. The first-order valence-corrected chi connectivity index (χ1v) is 4.38. The van der Waals surface area contributed by atoms with Crippen molar-refractivity contribution in [1.29, 1.82) is 0 Å². The monoisotopic (exact) mass is 211 g/mol.